The van der Waals surface area contributed by atoms with Crippen molar-refractivity contribution in [1.29, 1.82) is 0 Å². The van der Waals surface area contributed by atoms with E-state index < -0.39 is 19.4 Å². The highest BCUT2D eigenvalue weighted by Gasteiger charge is 2.38. The first-order chi connectivity index (χ1) is 15.5. The molecule has 6 heteroatoms. The summed E-state index contributed by atoms with van der Waals surface area (Å²) in [4.78, 5) is 11.8. The van der Waals surface area contributed by atoms with Crippen LogP contribution in [0.15, 0.2) is 103 Å². The average Bonchev–Trinajstić information content (AvgIpc) is 2.84. The molecule has 2 atom stereocenters. The van der Waals surface area contributed by atoms with Gasteiger partial charge in [-0.3, -0.25) is 14.7 Å². The normalized spacial score (nSPS) is 13.5. The van der Waals surface area contributed by atoms with Crippen molar-refractivity contribution in [3.63, 3.8) is 0 Å². The van der Waals surface area contributed by atoms with Crippen LogP contribution in [0.25, 0.3) is 10.8 Å². The second kappa shape index (κ2) is 9.47. The molecule has 0 spiro atoms. The van der Waals surface area contributed by atoms with E-state index in [1.807, 2.05) is 103 Å². The molecule has 0 amide bonds. The number of fused-ring (bicyclic) bond motifs is 1. The van der Waals surface area contributed by atoms with E-state index in [9.17, 15) is 14.7 Å². The Kier molecular flexibility index (Phi) is 6.50. The van der Waals surface area contributed by atoms with Gasteiger partial charge in [-0.15, -0.1) is 0 Å². The van der Waals surface area contributed by atoms with Gasteiger partial charge < -0.3 is 0 Å². The molecule has 0 aliphatic carbocycles. The summed E-state index contributed by atoms with van der Waals surface area (Å²) in [7, 11) is -3.37. The van der Waals surface area contributed by atoms with Crippen LogP contribution in [-0.2, 0) is 4.57 Å². The molecule has 0 aliphatic rings. The molecule has 4 rings (SSSR count). The van der Waals surface area contributed by atoms with E-state index in [1.54, 1.807) is 6.92 Å². The first-order valence-corrected chi connectivity index (χ1v) is 12.3. The van der Waals surface area contributed by atoms with Crippen LogP contribution in [0.3, 0.4) is 0 Å². The fourth-order valence-electron chi connectivity index (χ4n) is 4.06. The highest BCUT2D eigenvalue weighted by Crippen LogP contribution is 2.43. The minimum absolute atomic E-state index is 0.271. The summed E-state index contributed by atoms with van der Waals surface area (Å²) in [6, 6.07) is 30.4. The Morgan fingerprint density at radius 1 is 0.812 bits per heavy atom. The number of hydrogen-bond acceptors (Lipinski definition) is 3. The molecule has 32 heavy (non-hydrogen) atoms. The molecule has 0 saturated heterocycles. The Bertz CT molecular complexity index is 1220. The standard InChI is InChI=1S/C26H25N2O3P/c1-2-25(28(29)30)26(22-18-17-20-11-9-10-12-21(20)19-22)27-32(31,23-13-5-3-6-14-23)24-15-7-4-8-16-24/h3-19,25-26H,2H2,1H3,(H,27,31). The fourth-order valence-corrected chi connectivity index (χ4v) is 6.55. The lowest BCUT2D eigenvalue weighted by molar-refractivity contribution is -0.527. The SMILES string of the molecule is CCC(C(NP(=O)(c1ccccc1)c1ccccc1)c1ccc2ccccc2c1)[N+](=O)[O-]. The molecule has 4 aromatic carbocycles. The van der Waals surface area contributed by atoms with Crippen LogP contribution in [0.5, 0.6) is 0 Å². The van der Waals surface area contributed by atoms with Crippen molar-refractivity contribution in [2.24, 2.45) is 0 Å². The summed E-state index contributed by atoms with van der Waals surface area (Å²) in [5, 5.41) is 18.6. The van der Waals surface area contributed by atoms with Crippen molar-refractivity contribution in [2.45, 2.75) is 25.4 Å². The monoisotopic (exact) mass is 444 g/mol. The smallest absolute Gasteiger partial charge is 0.232 e. The molecule has 0 saturated carbocycles. The maximum atomic E-state index is 14.6. The van der Waals surface area contributed by atoms with Crippen LogP contribution in [0.4, 0.5) is 0 Å². The van der Waals surface area contributed by atoms with Crippen molar-refractivity contribution in [3.8, 4) is 0 Å². The largest absolute Gasteiger partial charge is 0.296 e. The Morgan fingerprint density at radius 3 is 1.88 bits per heavy atom. The van der Waals surface area contributed by atoms with Crippen molar-refractivity contribution in [3.05, 3.63) is 119 Å². The maximum Gasteiger partial charge on any atom is 0.232 e. The van der Waals surface area contributed by atoms with Crippen molar-refractivity contribution < 1.29 is 9.49 Å². The van der Waals surface area contributed by atoms with Gasteiger partial charge >= 0.3 is 0 Å². The van der Waals surface area contributed by atoms with Gasteiger partial charge in [0, 0.05) is 22.0 Å². The molecule has 162 valence electrons. The number of rotatable bonds is 8. The zero-order chi connectivity index (χ0) is 22.6. The molecular weight excluding hydrogens is 419 g/mol. The van der Waals surface area contributed by atoms with Gasteiger partial charge in [0.2, 0.25) is 13.3 Å². The molecule has 0 aromatic heterocycles. The number of hydrogen-bond donors (Lipinski definition) is 1. The second-order valence-electron chi connectivity index (χ2n) is 7.75. The Labute approximate surface area is 187 Å². The first kappa shape index (κ1) is 21.9. The zero-order valence-electron chi connectivity index (χ0n) is 17.8. The number of nitro groups is 1. The lowest BCUT2D eigenvalue weighted by atomic mass is 9.96. The molecule has 0 fully saturated rings. The van der Waals surface area contributed by atoms with Gasteiger partial charge in [0.25, 0.3) is 0 Å². The molecule has 0 heterocycles. The van der Waals surface area contributed by atoms with Gasteiger partial charge in [0.05, 0.1) is 0 Å². The predicted octanol–water partition coefficient (Wildman–Crippen LogP) is 5.45. The van der Waals surface area contributed by atoms with Gasteiger partial charge in [-0.25, -0.2) is 5.09 Å². The van der Waals surface area contributed by atoms with Crippen LogP contribution in [-0.4, -0.2) is 11.0 Å². The predicted molar refractivity (Wildman–Crippen MR) is 131 cm³/mol. The van der Waals surface area contributed by atoms with E-state index in [0.717, 1.165) is 16.3 Å². The molecular formula is C26H25N2O3P. The van der Waals surface area contributed by atoms with E-state index >= 15 is 0 Å². The van der Waals surface area contributed by atoms with Crippen LogP contribution < -0.4 is 15.7 Å². The summed E-state index contributed by atoms with van der Waals surface area (Å²) in [6.07, 6.45) is 0.307. The molecule has 0 radical (unpaired) electrons. The van der Waals surface area contributed by atoms with Crippen LogP contribution in [0, 0.1) is 10.1 Å². The van der Waals surface area contributed by atoms with Crippen LogP contribution in [0.1, 0.15) is 24.9 Å². The van der Waals surface area contributed by atoms with E-state index in [0.29, 0.717) is 17.0 Å². The summed E-state index contributed by atoms with van der Waals surface area (Å²) in [6.45, 7) is 1.79. The highest BCUT2D eigenvalue weighted by molar-refractivity contribution is 7.76. The lowest BCUT2D eigenvalue weighted by Crippen LogP contribution is -2.39. The third-order valence-electron chi connectivity index (χ3n) is 5.77. The van der Waals surface area contributed by atoms with E-state index in [2.05, 4.69) is 5.09 Å². The number of nitrogens with one attached hydrogen (secondary N) is 1. The Hall–Kier alpha value is -3.27. The minimum atomic E-state index is -3.37. The fraction of sp³-hybridized carbons (Fsp3) is 0.154. The van der Waals surface area contributed by atoms with Crippen molar-refractivity contribution in [1.82, 2.24) is 5.09 Å². The van der Waals surface area contributed by atoms with Crippen molar-refractivity contribution in [2.75, 3.05) is 0 Å². The summed E-state index contributed by atoms with van der Waals surface area (Å²) in [5.74, 6) is 0. The van der Waals surface area contributed by atoms with Crippen LogP contribution >= 0.6 is 7.29 Å². The molecule has 0 bridgehead atoms. The second-order valence-corrected chi connectivity index (χ2v) is 10.3. The van der Waals surface area contributed by atoms with E-state index in [-0.39, 0.29) is 4.92 Å². The molecule has 5 nitrogen and oxygen atoms in total. The number of benzene rings is 4. The Balaban J connectivity index is 1.87. The topological polar surface area (TPSA) is 72.2 Å². The highest BCUT2D eigenvalue weighted by atomic mass is 31.2. The summed E-state index contributed by atoms with van der Waals surface area (Å²) in [5.41, 5.74) is 0.749. The van der Waals surface area contributed by atoms with Gasteiger partial charge in [-0.1, -0.05) is 79.7 Å². The molecule has 1 N–H and O–H groups in total. The summed E-state index contributed by atoms with van der Waals surface area (Å²) < 4.78 is 14.6. The molecule has 4 aromatic rings. The maximum absolute atomic E-state index is 14.6. The minimum Gasteiger partial charge on any atom is -0.296 e. The van der Waals surface area contributed by atoms with Crippen molar-refractivity contribution >= 4 is 28.7 Å². The lowest BCUT2D eigenvalue weighted by Gasteiger charge is -2.29. The average molecular weight is 444 g/mol. The van der Waals surface area contributed by atoms with Gasteiger partial charge in [0.1, 0.15) is 6.04 Å². The summed E-state index contributed by atoms with van der Waals surface area (Å²) >= 11 is 0. The molecule has 2 unspecified atom stereocenters. The zero-order valence-corrected chi connectivity index (χ0v) is 18.7. The van der Waals surface area contributed by atoms with Crippen LogP contribution in [0.2, 0.25) is 0 Å². The Morgan fingerprint density at radius 2 is 1.34 bits per heavy atom. The van der Waals surface area contributed by atoms with E-state index in [4.69, 9.17) is 0 Å². The number of nitrogens with zero attached hydrogens (tertiary/aromatic N) is 1. The third kappa shape index (κ3) is 4.36. The van der Waals surface area contributed by atoms with Gasteiger partial charge in [-0.2, -0.15) is 0 Å². The quantitative estimate of drug-likeness (QED) is 0.223. The first-order valence-electron chi connectivity index (χ1n) is 10.6. The van der Waals surface area contributed by atoms with Gasteiger partial charge in [-0.05, 0) is 46.7 Å². The molecule has 0 aliphatic heterocycles. The van der Waals surface area contributed by atoms with Gasteiger partial charge in [0.15, 0.2) is 0 Å². The van der Waals surface area contributed by atoms with E-state index in [1.165, 1.54) is 0 Å². The third-order valence-corrected chi connectivity index (χ3v) is 8.46.